The number of para-hydroxylation sites is 1. The van der Waals surface area contributed by atoms with Crippen LogP contribution in [0.15, 0.2) is 36.5 Å². The third-order valence-corrected chi connectivity index (χ3v) is 3.98. The lowest BCUT2D eigenvalue weighted by molar-refractivity contribution is 0.0947. The summed E-state index contributed by atoms with van der Waals surface area (Å²) in [5, 5.41) is 5.75. The molecule has 5 heteroatoms. The van der Waals surface area contributed by atoms with Crippen LogP contribution in [0.2, 0.25) is 0 Å². The van der Waals surface area contributed by atoms with Crippen molar-refractivity contribution in [2.75, 3.05) is 11.9 Å². The number of hydrogen-bond acceptors (Lipinski definition) is 3. The Kier molecular flexibility index (Phi) is 6.28. The summed E-state index contributed by atoms with van der Waals surface area (Å²) in [4.78, 5) is 28.8. The summed E-state index contributed by atoms with van der Waals surface area (Å²) in [7, 11) is 0. The number of aryl methyl sites for hydroxylation is 2. The molecule has 2 aromatic rings. The fourth-order valence-electron chi connectivity index (χ4n) is 2.46. The molecule has 0 atom stereocenters. The molecular formula is C20H25N3O2. The Balaban J connectivity index is 2.10. The molecule has 2 amide bonds. The Morgan fingerprint density at radius 3 is 2.40 bits per heavy atom. The van der Waals surface area contributed by atoms with Crippen molar-refractivity contribution in [2.45, 2.75) is 34.1 Å². The number of nitrogens with zero attached hydrogens (tertiary/aromatic N) is 1. The summed E-state index contributed by atoms with van der Waals surface area (Å²) < 4.78 is 0. The second kappa shape index (κ2) is 8.42. The van der Waals surface area contributed by atoms with E-state index in [4.69, 9.17) is 0 Å². The van der Waals surface area contributed by atoms with Gasteiger partial charge in [-0.05, 0) is 49.4 Å². The molecule has 2 rings (SSSR count). The van der Waals surface area contributed by atoms with Crippen LogP contribution in [0.5, 0.6) is 0 Å². The lowest BCUT2D eigenvalue weighted by atomic mass is 10.1. The molecule has 0 saturated heterocycles. The Morgan fingerprint density at radius 1 is 1.08 bits per heavy atom. The van der Waals surface area contributed by atoms with Crippen LogP contribution in [-0.2, 0) is 0 Å². The summed E-state index contributed by atoms with van der Waals surface area (Å²) in [5.74, 6) is 0.00104. The molecule has 2 N–H and O–H groups in total. The van der Waals surface area contributed by atoms with Crippen molar-refractivity contribution >= 4 is 17.5 Å². The zero-order valence-electron chi connectivity index (χ0n) is 15.2. The minimum Gasteiger partial charge on any atom is -0.351 e. The maximum atomic E-state index is 12.5. The molecule has 132 valence electrons. The van der Waals surface area contributed by atoms with Gasteiger partial charge in [0.2, 0.25) is 0 Å². The van der Waals surface area contributed by atoms with E-state index >= 15 is 0 Å². The average molecular weight is 339 g/mol. The van der Waals surface area contributed by atoms with Gasteiger partial charge in [0.1, 0.15) is 5.69 Å². The van der Waals surface area contributed by atoms with Gasteiger partial charge in [0.15, 0.2) is 0 Å². The fourth-order valence-corrected chi connectivity index (χ4v) is 2.46. The lowest BCUT2D eigenvalue weighted by Crippen LogP contribution is -2.26. The van der Waals surface area contributed by atoms with Crippen molar-refractivity contribution in [1.82, 2.24) is 10.3 Å². The number of hydrogen-bond donors (Lipinski definition) is 2. The summed E-state index contributed by atoms with van der Waals surface area (Å²) in [5.41, 5.74) is 3.44. The molecule has 0 aliphatic rings. The van der Waals surface area contributed by atoms with Crippen molar-refractivity contribution in [2.24, 2.45) is 5.92 Å². The highest BCUT2D eigenvalue weighted by molar-refractivity contribution is 6.06. The SMILES string of the molecule is Cc1cccc(C)c1NC(=O)c1ccnc(C(=O)NCCC(C)C)c1. The van der Waals surface area contributed by atoms with Crippen molar-refractivity contribution in [3.05, 3.63) is 58.9 Å². The van der Waals surface area contributed by atoms with Crippen LogP contribution >= 0.6 is 0 Å². The van der Waals surface area contributed by atoms with Crippen LogP contribution in [-0.4, -0.2) is 23.3 Å². The number of benzene rings is 1. The van der Waals surface area contributed by atoms with Gasteiger partial charge in [-0.25, -0.2) is 0 Å². The van der Waals surface area contributed by atoms with E-state index in [0.29, 0.717) is 18.0 Å². The summed E-state index contributed by atoms with van der Waals surface area (Å²) in [6.45, 7) is 8.69. The molecule has 0 bridgehead atoms. The third-order valence-electron chi connectivity index (χ3n) is 3.98. The van der Waals surface area contributed by atoms with Gasteiger partial charge >= 0.3 is 0 Å². The number of pyridine rings is 1. The Morgan fingerprint density at radius 2 is 1.76 bits per heavy atom. The zero-order chi connectivity index (χ0) is 18.4. The first-order chi connectivity index (χ1) is 11.9. The van der Waals surface area contributed by atoms with Gasteiger partial charge in [-0.15, -0.1) is 0 Å². The van der Waals surface area contributed by atoms with Gasteiger partial charge in [-0.3, -0.25) is 14.6 Å². The van der Waals surface area contributed by atoms with E-state index in [1.165, 1.54) is 12.3 Å². The number of rotatable bonds is 6. The molecule has 25 heavy (non-hydrogen) atoms. The molecule has 0 fully saturated rings. The first kappa shape index (κ1) is 18.6. The van der Waals surface area contributed by atoms with Crippen LogP contribution < -0.4 is 10.6 Å². The van der Waals surface area contributed by atoms with Crippen molar-refractivity contribution in [3.63, 3.8) is 0 Å². The van der Waals surface area contributed by atoms with Crippen molar-refractivity contribution in [3.8, 4) is 0 Å². The van der Waals surface area contributed by atoms with E-state index in [1.54, 1.807) is 6.07 Å². The predicted octanol–water partition coefficient (Wildman–Crippen LogP) is 3.73. The molecule has 1 heterocycles. The Bertz CT molecular complexity index is 749. The Labute approximate surface area is 148 Å². The van der Waals surface area contributed by atoms with Crippen LogP contribution in [0.25, 0.3) is 0 Å². The molecule has 0 saturated carbocycles. The van der Waals surface area contributed by atoms with Gasteiger partial charge in [-0.1, -0.05) is 32.0 Å². The molecular weight excluding hydrogens is 314 g/mol. The smallest absolute Gasteiger partial charge is 0.269 e. The molecule has 0 radical (unpaired) electrons. The number of carbonyl (C=O) groups excluding carboxylic acids is 2. The first-order valence-electron chi connectivity index (χ1n) is 8.50. The normalized spacial score (nSPS) is 10.6. The van der Waals surface area contributed by atoms with Gasteiger partial charge in [0.05, 0.1) is 0 Å². The number of amides is 2. The van der Waals surface area contributed by atoms with Gasteiger partial charge in [0, 0.05) is 24.0 Å². The number of anilines is 1. The van der Waals surface area contributed by atoms with E-state index in [9.17, 15) is 9.59 Å². The lowest BCUT2D eigenvalue weighted by Gasteiger charge is -2.12. The van der Waals surface area contributed by atoms with Gasteiger partial charge < -0.3 is 10.6 Å². The van der Waals surface area contributed by atoms with E-state index < -0.39 is 0 Å². The maximum Gasteiger partial charge on any atom is 0.269 e. The monoisotopic (exact) mass is 339 g/mol. The van der Waals surface area contributed by atoms with Crippen molar-refractivity contribution < 1.29 is 9.59 Å². The number of aromatic nitrogens is 1. The second-order valence-electron chi connectivity index (χ2n) is 6.59. The molecule has 0 aliphatic carbocycles. The summed E-state index contributed by atoms with van der Waals surface area (Å²) in [6, 6.07) is 8.97. The van der Waals surface area contributed by atoms with Gasteiger partial charge in [-0.2, -0.15) is 0 Å². The van der Waals surface area contributed by atoms with Crippen molar-refractivity contribution in [1.29, 1.82) is 0 Å². The average Bonchev–Trinajstić information content (AvgIpc) is 2.58. The molecule has 1 aromatic heterocycles. The van der Waals surface area contributed by atoms with Crippen LogP contribution in [0.4, 0.5) is 5.69 Å². The number of nitrogens with one attached hydrogen (secondary N) is 2. The van der Waals surface area contributed by atoms with E-state index in [-0.39, 0.29) is 17.5 Å². The minimum absolute atomic E-state index is 0.248. The van der Waals surface area contributed by atoms with Gasteiger partial charge in [0.25, 0.3) is 11.8 Å². The fraction of sp³-hybridized carbons (Fsp3) is 0.350. The highest BCUT2D eigenvalue weighted by Gasteiger charge is 2.13. The second-order valence-corrected chi connectivity index (χ2v) is 6.59. The maximum absolute atomic E-state index is 12.5. The Hall–Kier alpha value is -2.69. The topological polar surface area (TPSA) is 71.1 Å². The van der Waals surface area contributed by atoms with Crippen LogP contribution in [0, 0.1) is 19.8 Å². The molecule has 5 nitrogen and oxygen atoms in total. The highest BCUT2D eigenvalue weighted by Crippen LogP contribution is 2.20. The zero-order valence-corrected chi connectivity index (χ0v) is 15.2. The van der Waals surface area contributed by atoms with E-state index in [1.807, 2.05) is 32.0 Å². The van der Waals surface area contributed by atoms with E-state index in [2.05, 4.69) is 29.5 Å². The molecule has 0 aliphatic heterocycles. The number of carbonyl (C=O) groups is 2. The van der Waals surface area contributed by atoms with Crippen LogP contribution in [0.3, 0.4) is 0 Å². The quantitative estimate of drug-likeness (QED) is 0.842. The molecule has 1 aromatic carbocycles. The first-order valence-corrected chi connectivity index (χ1v) is 8.50. The summed E-state index contributed by atoms with van der Waals surface area (Å²) in [6.07, 6.45) is 2.38. The summed E-state index contributed by atoms with van der Waals surface area (Å²) >= 11 is 0. The predicted molar refractivity (Wildman–Crippen MR) is 99.9 cm³/mol. The molecule has 0 unspecified atom stereocenters. The standard InChI is InChI=1S/C20H25N3O2/c1-13(2)8-10-22-20(25)17-12-16(9-11-21-17)19(24)23-18-14(3)6-5-7-15(18)4/h5-7,9,11-13H,8,10H2,1-4H3,(H,22,25)(H,23,24). The van der Waals surface area contributed by atoms with Crippen LogP contribution in [0.1, 0.15) is 52.2 Å². The highest BCUT2D eigenvalue weighted by atomic mass is 16.2. The van der Waals surface area contributed by atoms with E-state index in [0.717, 1.165) is 23.2 Å². The molecule has 0 spiro atoms. The minimum atomic E-state index is -0.262. The largest absolute Gasteiger partial charge is 0.351 e. The third kappa shape index (κ3) is 5.14.